The van der Waals surface area contributed by atoms with Crippen molar-refractivity contribution in [1.82, 2.24) is 0 Å². The number of carbonyl (C=O) groups excluding carboxylic acids is 2. The molecule has 0 aliphatic heterocycles. The van der Waals surface area contributed by atoms with Crippen molar-refractivity contribution in [2.75, 3.05) is 19.8 Å². The fourth-order valence-corrected chi connectivity index (χ4v) is 6.07. The van der Waals surface area contributed by atoms with Crippen molar-refractivity contribution >= 4 is 11.9 Å². The van der Waals surface area contributed by atoms with Gasteiger partial charge < -0.3 is 14.2 Å². The largest absolute Gasteiger partial charge is 0.462 e. The van der Waals surface area contributed by atoms with Gasteiger partial charge in [0.05, 0.1) is 13.2 Å². The van der Waals surface area contributed by atoms with E-state index < -0.39 is 6.10 Å². The molecule has 0 radical (unpaired) electrons. The van der Waals surface area contributed by atoms with E-state index >= 15 is 0 Å². The van der Waals surface area contributed by atoms with Gasteiger partial charge in [-0.05, 0) is 116 Å². The highest BCUT2D eigenvalue weighted by Crippen LogP contribution is 2.11. The summed E-state index contributed by atoms with van der Waals surface area (Å²) in [6, 6.07) is 0. The molecule has 0 rings (SSSR count). The summed E-state index contributed by atoms with van der Waals surface area (Å²) in [7, 11) is 0. The van der Waals surface area contributed by atoms with Crippen LogP contribution in [0.3, 0.4) is 0 Å². The van der Waals surface area contributed by atoms with E-state index in [4.69, 9.17) is 14.2 Å². The third-order valence-electron chi connectivity index (χ3n) is 9.65. The molecule has 0 spiro atoms. The molecule has 0 N–H and O–H groups in total. The Morgan fingerprint density at radius 1 is 0.371 bits per heavy atom. The fraction of sp³-hybridized carbons (Fsp3) is 0.579. The molecule has 0 bridgehead atoms. The second-order valence-corrected chi connectivity index (χ2v) is 15.6. The van der Waals surface area contributed by atoms with Gasteiger partial charge >= 0.3 is 11.9 Å². The highest BCUT2D eigenvalue weighted by atomic mass is 16.6. The monoisotopic (exact) mass is 855 g/mol. The Hall–Kier alpha value is -3.96. The molecule has 348 valence electrons. The molecule has 5 nitrogen and oxygen atoms in total. The molecule has 0 saturated heterocycles. The van der Waals surface area contributed by atoms with Gasteiger partial charge in [-0.15, -0.1) is 0 Å². The van der Waals surface area contributed by atoms with E-state index in [0.29, 0.717) is 19.4 Å². The first-order valence-electron chi connectivity index (χ1n) is 24.7. The second-order valence-electron chi connectivity index (χ2n) is 15.6. The van der Waals surface area contributed by atoms with Gasteiger partial charge in [-0.3, -0.25) is 9.59 Å². The van der Waals surface area contributed by atoms with E-state index in [1.165, 1.54) is 19.3 Å². The quantitative estimate of drug-likeness (QED) is 0.0347. The van der Waals surface area contributed by atoms with Crippen molar-refractivity contribution in [2.45, 2.75) is 194 Å². The lowest BCUT2D eigenvalue weighted by molar-refractivity contribution is -0.162. The molecule has 0 heterocycles. The van der Waals surface area contributed by atoms with E-state index in [9.17, 15) is 9.59 Å². The first kappa shape index (κ1) is 58.0. The van der Waals surface area contributed by atoms with Gasteiger partial charge in [0, 0.05) is 12.8 Å². The van der Waals surface area contributed by atoms with Crippen molar-refractivity contribution in [3.05, 3.63) is 134 Å². The van der Waals surface area contributed by atoms with Crippen LogP contribution in [0.1, 0.15) is 188 Å². The van der Waals surface area contributed by atoms with Gasteiger partial charge in [0.15, 0.2) is 6.10 Å². The minimum absolute atomic E-state index is 0.0278. The lowest BCUT2D eigenvalue weighted by Crippen LogP contribution is -2.30. The molecule has 0 aliphatic carbocycles. The van der Waals surface area contributed by atoms with Crippen molar-refractivity contribution in [2.24, 2.45) is 0 Å². The van der Waals surface area contributed by atoms with Gasteiger partial charge in [-0.25, -0.2) is 0 Å². The van der Waals surface area contributed by atoms with Crippen LogP contribution in [-0.2, 0) is 23.8 Å². The van der Waals surface area contributed by atoms with Crippen LogP contribution in [0.25, 0.3) is 0 Å². The van der Waals surface area contributed by atoms with Gasteiger partial charge in [0.1, 0.15) is 6.61 Å². The summed E-state index contributed by atoms with van der Waals surface area (Å²) in [5, 5.41) is 0. The summed E-state index contributed by atoms with van der Waals surface area (Å²) in [6.07, 6.45) is 73.3. The summed E-state index contributed by atoms with van der Waals surface area (Å²) in [5.74, 6) is -0.494. The molecular formula is C57H90O5. The molecule has 62 heavy (non-hydrogen) atoms. The molecule has 0 amide bonds. The Morgan fingerprint density at radius 3 is 1.16 bits per heavy atom. The summed E-state index contributed by atoms with van der Waals surface area (Å²) in [5.41, 5.74) is 0. The van der Waals surface area contributed by atoms with Crippen molar-refractivity contribution < 1.29 is 23.8 Å². The minimum atomic E-state index is -0.602. The highest BCUT2D eigenvalue weighted by molar-refractivity contribution is 5.70. The van der Waals surface area contributed by atoms with Crippen LogP contribution in [-0.4, -0.2) is 37.9 Å². The minimum Gasteiger partial charge on any atom is -0.462 e. The number of esters is 2. The predicted molar refractivity (Wildman–Crippen MR) is 269 cm³/mol. The standard InChI is InChI=1S/C57H90O5/c1-4-7-10-13-16-19-22-25-27-29-30-33-35-38-41-44-47-50-56(58)61-54-55(62-57(59)51-48-45-42-39-36-32-24-21-18-15-12-9-6-3)53-60-52-49-46-43-40-37-34-31-28-26-23-20-17-14-11-8-5-2/h7-8,10-12,15-17,19-21,24-28,30,33-34,37,43,46,55H,4-6,9,13-14,18,22-23,29,31-32,35-36,38-42,44-45,47-54H2,1-3H3/b10-7-,11-8-,15-12-,19-16-,20-17-,24-21-,27-25-,28-26-,33-30-,37-34-,46-43-. The fourth-order valence-electron chi connectivity index (χ4n) is 6.07. The molecule has 0 fully saturated rings. The Balaban J connectivity index is 4.47. The molecule has 0 aromatic heterocycles. The van der Waals surface area contributed by atoms with Crippen molar-refractivity contribution in [1.29, 1.82) is 0 Å². The van der Waals surface area contributed by atoms with E-state index in [2.05, 4.69) is 154 Å². The van der Waals surface area contributed by atoms with Crippen LogP contribution in [0.2, 0.25) is 0 Å². The van der Waals surface area contributed by atoms with Crippen LogP contribution in [0.15, 0.2) is 134 Å². The van der Waals surface area contributed by atoms with E-state index in [1.807, 2.05) is 0 Å². The maximum Gasteiger partial charge on any atom is 0.306 e. The number of hydrogen-bond acceptors (Lipinski definition) is 5. The summed E-state index contributed by atoms with van der Waals surface area (Å²) in [4.78, 5) is 25.4. The topological polar surface area (TPSA) is 61.8 Å². The van der Waals surface area contributed by atoms with E-state index in [-0.39, 0.29) is 25.2 Å². The summed E-state index contributed by atoms with van der Waals surface area (Å²) < 4.78 is 17.2. The highest BCUT2D eigenvalue weighted by Gasteiger charge is 2.17. The van der Waals surface area contributed by atoms with Crippen LogP contribution in [0.4, 0.5) is 0 Å². The van der Waals surface area contributed by atoms with Crippen molar-refractivity contribution in [3.63, 3.8) is 0 Å². The third kappa shape index (κ3) is 48.7. The second kappa shape index (κ2) is 51.4. The average Bonchev–Trinajstić information content (AvgIpc) is 3.27. The van der Waals surface area contributed by atoms with Gasteiger partial charge in [-0.2, -0.15) is 0 Å². The molecule has 0 aromatic carbocycles. The zero-order valence-electron chi connectivity index (χ0n) is 39.8. The number of allylic oxidation sites excluding steroid dienone is 21. The predicted octanol–water partition coefficient (Wildman–Crippen LogP) is 16.8. The maximum absolute atomic E-state index is 12.8. The molecule has 0 aliphatic rings. The van der Waals surface area contributed by atoms with Crippen molar-refractivity contribution in [3.8, 4) is 0 Å². The van der Waals surface area contributed by atoms with E-state index in [1.54, 1.807) is 0 Å². The van der Waals surface area contributed by atoms with Crippen LogP contribution < -0.4 is 0 Å². The van der Waals surface area contributed by atoms with Gasteiger partial charge in [-0.1, -0.05) is 193 Å². The SMILES string of the molecule is CC/C=C\C/C=C\C/C=C\C/C=C\C/C=C\CCOCC(COC(=O)CCCCCC/C=C\C/C=C\C/C=C\C/C=C\CC)OC(=O)CCCCCCC/C=C\C/C=C\CCC. The van der Waals surface area contributed by atoms with Crippen LogP contribution in [0.5, 0.6) is 0 Å². The number of carbonyl (C=O) groups is 2. The Kier molecular flexibility index (Phi) is 48.1. The summed E-state index contributed by atoms with van der Waals surface area (Å²) in [6.45, 7) is 7.26. The lowest BCUT2D eigenvalue weighted by atomic mass is 10.1. The Labute approximate surface area is 381 Å². The number of rotatable bonds is 43. The van der Waals surface area contributed by atoms with Gasteiger partial charge in [0.2, 0.25) is 0 Å². The van der Waals surface area contributed by atoms with Crippen LogP contribution >= 0.6 is 0 Å². The lowest BCUT2D eigenvalue weighted by Gasteiger charge is -2.18. The number of hydrogen-bond donors (Lipinski definition) is 0. The Bertz CT molecular complexity index is 1330. The average molecular weight is 855 g/mol. The number of ether oxygens (including phenoxy) is 3. The Morgan fingerprint density at radius 2 is 0.726 bits per heavy atom. The van der Waals surface area contributed by atoms with Crippen LogP contribution in [0, 0.1) is 0 Å². The first-order valence-corrected chi connectivity index (χ1v) is 24.7. The molecule has 0 saturated carbocycles. The molecular weight excluding hydrogens is 765 g/mol. The third-order valence-corrected chi connectivity index (χ3v) is 9.65. The normalized spacial score (nSPS) is 13.4. The van der Waals surface area contributed by atoms with Gasteiger partial charge in [0.25, 0.3) is 0 Å². The smallest absolute Gasteiger partial charge is 0.306 e. The first-order chi connectivity index (χ1) is 30.6. The molecule has 1 atom stereocenters. The van der Waals surface area contributed by atoms with E-state index in [0.717, 1.165) is 135 Å². The zero-order chi connectivity index (χ0) is 44.9. The molecule has 0 aromatic rings. The molecule has 5 heteroatoms. The summed E-state index contributed by atoms with van der Waals surface area (Å²) >= 11 is 0. The number of unbranched alkanes of at least 4 members (excludes halogenated alkanes) is 10. The zero-order valence-corrected chi connectivity index (χ0v) is 39.8. The molecule has 1 unspecified atom stereocenters. The maximum atomic E-state index is 12.8.